The van der Waals surface area contributed by atoms with E-state index in [0.29, 0.717) is 24.3 Å². The van der Waals surface area contributed by atoms with Gasteiger partial charge >= 0.3 is 0 Å². The Labute approximate surface area is 155 Å². The predicted octanol–water partition coefficient (Wildman–Crippen LogP) is 2.99. The summed E-state index contributed by atoms with van der Waals surface area (Å²) in [6.45, 7) is 0.868. The number of pyridine rings is 1. The van der Waals surface area contributed by atoms with E-state index in [1.54, 1.807) is 37.4 Å². The molecule has 138 valence electrons. The molecule has 0 saturated carbocycles. The predicted molar refractivity (Wildman–Crippen MR) is 102 cm³/mol. The molecule has 0 radical (unpaired) electrons. The van der Waals surface area contributed by atoms with Gasteiger partial charge in [-0.1, -0.05) is 6.07 Å². The highest BCUT2D eigenvalue weighted by atomic mass is 16.6. The van der Waals surface area contributed by atoms with E-state index in [2.05, 4.69) is 15.6 Å². The van der Waals surface area contributed by atoms with Crippen molar-refractivity contribution in [3.8, 4) is 5.75 Å². The third kappa shape index (κ3) is 4.49. The first-order chi connectivity index (χ1) is 13.1. The zero-order valence-corrected chi connectivity index (χ0v) is 14.6. The number of methoxy groups -OCH3 is 1. The maximum absolute atomic E-state index is 12.2. The normalized spacial score (nSPS) is 10.4. The highest BCUT2D eigenvalue weighted by Crippen LogP contribution is 2.19. The summed E-state index contributed by atoms with van der Waals surface area (Å²) in [7, 11) is 1.60. The standard InChI is InChI=1S/C19H18N4O4/c1-27-16-7-9-17-13(12-16)2-8-18(22-17)19(24)21-11-10-20-14-3-5-15(6-4-14)23(25)26/h2-9,12,20H,10-11H2,1H3,(H,21,24). The summed E-state index contributed by atoms with van der Waals surface area (Å²) in [6.07, 6.45) is 0. The van der Waals surface area contributed by atoms with E-state index < -0.39 is 4.92 Å². The number of ether oxygens (including phenoxy) is 1. The number of hydrogen-bond donors (Lipinski definition) is 2. The van der Waals surface area contributed by atoms with Crippen LogP contribution in [0, 0.1) is 10.1 Å². The van der Waals surface area contributed by atoms with Crippen molar-refractivity contribution in [3.63, 3.8) is 0 Å². The molecule has 3 aromatic rings. The zero-order valence-electron chi connectivity index (χ0n) is 14.6. The summed E-state index contributed by atoms with van der Waals surface area (Å²) < 4.78 is 5.17. The molecule has 2 aromatic carbocycles. The highest BCUT2D eigenvalue weighted by molar-refractivity contribution is 5.95. The van der Waals surface area contributed by atoms with Crippen molar-refractivity contribution < 1.29 is 14.5 Å². The first-order valence-corrected chi connectivity index (χ1v) is 8.28. The van der Waals surface area contributed by atoms with Crippen LogP contribution in [0.1, 0.15) is 10.5 Å². The third-order valence-electron chi connectivity index (χ3n) is 3.95. The van der Waals surface area contributed by atoms with Crippen LogP contribution >= 0.6 is 0 Å². The molecule has 2 N–H and O–H groups in total. The van der Waals surface area contributed by atoms with Gasteiger partial charge in [0.25, 0.3) is 11.6 Å². The van der Waals surface area contributed by atoms with Gasteiger partial charge in [-0.25, -0.2) is 4.98 Å². The van der Waals surface area contributed by atoms with E-state index in [0.717, 1.165) is 16.8 Å². The first-order valence-electron chi connectivity index (χ1n) is 8.28. The summed E-state index contributed by atoms with van der Waals surface area (Å²) in [4.78, 5) is 26.8. The molecule has 0 bridgehead atoms. The van der Waals surface area contributed by atoms with Crippen LogP contribution in [-0.2, 0) is 0 Å². The third-order valence-corrected chi connectivity index (χ3v) is 3.95. The number of benzene rings is 2. The molecule has 0 fully saturated rings. The van der Waals surface area contributed by atoms with Crippen LogP contribution in [0.25, 0.3) is 10.9 Å². The molecule has 0 saturated heterocycles. The first kappa shape index (κ1) is 18.1. The molecular formula is C19H18N4O4. The lowest BCUT2D eigenvalue weighted by atomic mass is 10.2. The molecule has 3 rings (SSSR count). The molecule has 1 amide bonds. The number of nitrogens with zero attached hydrogens (tertiary/aromatic N) is 2. The van der Waals surface area contributed by atoms with Crippen molar-refractivity contribution in [3.05, 3.63) is 70.4 Å². The number of carbonyl (C=O) groups excluding carboxylic acids is 1. The number of fused-ring (bicyclic) bond motifs is 1. The highest BCUT2D eigenvalue weighted by Gasteiger charge is 2.08. The topological polar surface area (TPSA) is 106 Å². The summed E-state index contributed by atoms with van der Waals surface area (Å²) in [5.74, 6) is 0.469. The minimum atomic E-state index is -0.448. The van der Waals surface area contributed by atoms with Gasteiger partial charge in [-0.3, -0.25) is 14.9 Å². The quantitative estimate of drug-likeness (QED) is 0.378. The van der Waals surface area contributed by atoms with Crippen LogP contribution in [0.3, 0.4) is 0 Å². The van der Waals surface area contributed by atoms with Crippen LogP contribution in [-0.4, -0.2) is 36.0 Å². The molecule has 0 unspecified atom stereocenters. The summed E-state index contributed by atoms with van der Waals surface area (Å²) in [5.41, 5.74) is 1.83. The summed E-state index contributed by atoms with van der Waals surface area (Å²) >= 11 is 0. The van der Waals surface area contributed by atoms with E-state index in [1.807, 2.05) is 12.1 Å². The lowest BCUT2D eigenvalue weighted by Gasteiger charge is -2.08. The smallest absolute Gasteiger partial charge is 0.269 e. The van der Waals surface area contributed by atoms with E-state index in [4.69, 9.17) is 4.74 Å². The minimum Gasteiger partial charge on any atom is -0.497 e. The fourth-order valence-corrected chi connectivity index (χ4v) is 2.53. The number of non-ortho nitro benzene ring substituents is 1. The maximum atomic E-state index is 12.2. The number of rotatable bonds is 7. The SMILES string of the molecule is COc1ccc2nc(C(=O)NCCNc3ccc([N+](=O)[O-])cc3)ccc2c1. The van der Waals surface area contributed by atoms with Crippen molar-refractivity contribution in [2.24, 2.45) is 0 Å². The number of hydrogen-bond acceptors (Lipinski definition) is 6. The van der Waals surface area contributed by atoms with Gasteiger partial charge in [0.2, 0.25) is 0 Å². The Morgan fingerprint density at radius 3 is 2.59 bits per heavy atom. The Bertz CT molecular complexity index is 973. The Morgan fingerprint density at radius 2 is 1.89 bits per heavy atom. The second-order valence-electron chi connectivity index (χ2n) is 5.74. The Morgan fingerprint density at radius 1 is 1.11 bits per heavy atom. The Balaban J connectivity index is 1.53. The number of carbonyl (C=O) groups is 1. The average molecular weight is 366 g/mol. The fourth-order valence-electron chi connectivity index (χ4n) is 2.53. The Kier molecular flexibility index (Phi) is 5.46. The molecule has 0 aliphatic rings. The molecule has 27 heavy (non-hydrogen) atoms. The summed E-state index contributed by atoms with van der Waals surface area (Å²) in [6, 6.07) is 15.1. The molecule has 0 aliphatic heterocycles. The molecule has 0 spiro atoms. The van der Waals surface area contributed by atoms with Gasteiger partial charge in [0.1, 0.15) is 11.4 Å². The van der Waals surface area contributed by atoms with Gasteiger partial charge in [0.15, 0.2) is 0 Å². The molecule has 8 heteroatoms. The van der Waals surface area contributed by atoms with Crippen LogP contribution in [0.2, 0.25) is 0 Å². The van der Waals surface area contributed by atoms with Gasteiger partial charge in [-0.05, 0) is 36.4 Å². The van der Waals surface area contributed by atoms with Gasteiger partial charge in [-0.15, -0.1) is 0 Å². The van der Waals surface area contributed by atoms with Gasteiger partial charge in [0, 0.05) is 36.3 Å². The molecular weight excluding hydrogens is 348 g/mol. The number of anilines is 1. The molecule has 0 aliphatic carbocycles. The number of nitro benzene ring substituents is 1. The van der Waals surface area contributed by atoms with Crippen LogP contribution in [0.5, 0.6) is 5.75 Å². The average Bonchev–Trinajstić information content (AvgIpc) is 2.70. The largest absolute Gasteiger partial charge is 0.497 e. The molecule has 8 nitrogen and oxygen atoms in total. The van der Waals surface area contributed by atoms with E-state index >= 15 is 0 Å². The monoisotopic (exact) mass is 366 g/mol. The number of aromatic nitrogens is 1. The van der Waals surface area contributed by atoms with Crippen molar-refractivity contribution in [1.29, 1.82) is 0 Å². The van der Waals surface area contributed by atoms with E-state index in [1.165, 1.54) is 12.1 Å². The number of nitrogens with one attached hydrogen (secondary N) is 2. The van der Waals surface area contributed by atoms with Gasteiger partial charge < -0.3 is 15.4 Å². The number of nitro groups is 1. The minimum absolute atomic E-state index is 0.0360. The maximum Gasteiger partial charge on any atom is 0.269 e. The summed E-state index contributed by atoms with van der Waals surface area (Å²) in [5, 5.41) is 17.4. The second-order valence-corrected chi connectivity index (χ2v) is 5.74. The molecule has 0 atom stereocenters. The van der Waals surface area contributed by atoms with Crippen LogP contribution in [0.4, 0.5) is 11.4 Å². The number of amides is 1. The van der Waals surface area contributed by atoms with Crippen LogP contribution in [0.15, 0.2) is 54.6 Å². The van der Waals surface area contributed by atoms with Crippen molar-refractivity contribution in [1.82, 2.24) is 10.3 Å². The van der Waals surface area contributed by atoms with Gasteiger partial charge in [-0.2, -0.15) is 0 Å². The lowest BCUT2D eigenvalue weighted by molar-refractivity contribution is -0.384. The zero-order chi connectivity index (χ0) is 19.2. The van der Waals surface area contributed by atoms with Crippen molar-refractivity contribution >= 4 is 28.2 Å². The Hall–Kier alpha value is -3.68. The van der Waals surface area contributed by atoms with E-state index in [9.17, 15) is 14.9 Å². The fraction of sp³-hybridized carbons (Fsp3) is 0.158. The second kappa shape index (κ2) is 8.13. The van der Waals surface area contributed by atoms with Crippen LogP contribution < -0.4 is 15.4 Å². The molecule has 1 aromatic heterocycles. The lowest BCUT2D eigenvalue weighted by Crippen LogP contribution is -2.29. The molecule has 1 heterocycles. The van der Waals surface area contributed by atoms with E-state index in [-0.39, 0.29) is 11.6 Å². The van der Waals surface area contributed by atoms with Gasteiger partial charge in [0.05, 0.1) is 17.5 Å². The van der Waals surface area contributed by atoms with Crippen molar-refractivity contribution in [2.45, 2.75) is 0 Å². The van der Waals surface area contributed by atoms with Crippen molar-refractivity contribution in [2.75, 3.05) is 25.5 Å².